The van der Waals surface area contributed by atoms with Crippen LogP contribution in [0.2, 0.25) is 0 Å². The van der Waals surface area contributed by atoms with Crippen LogP contribution in [-0.4, -0.2) is 17.0 Å². The Balaban J connectivity index is 2.45. The van der Waals surface area contributed by atoms with Crippen LogP contribution < -0.4 is 10.4 Å². The molecule has 0 aliphatic carbocycles. The molecule has 0 aliphatic heterocycles. The molecule has 0 spiro atoms. The highest BCUT2D eigenvalue weighted by molar-refractivity contribution is 5.92. The normalized spacial score (nSPS) is 11.7. The van der Waals surface area contributed by atoms with Gasteiger partial charge in [-0.15, -0.1) is 0 Å². The molecule has 0 saturated heterocycles. The summed E-state index contributed by atoms with van der Waals surface area (Å²) < 4.78 is 12.9. The van der Waals surface area contributed by atoms with Gasteiger partial charge in [0.15, 0.2) is 11.5 Å². The Bertz CT molecular complexity index is 693. The SMILES string of the molecule is CCOc1ccc(/N=c2\oc(C(C)=O)c(C)n2CC)cc1. The molecule has 0 bridgehead atoms. The van der Waals surface area contributed by atoms with Crippen molar-refractivity contribution in [2.24, 2.45) is 4.99 Å². The van der Waals surface area contributed by atoms with E-state index in [-0.39, 0.29) is 5.78 Å². The molecular formula is C16H20N2O3. The van der Waals surface area contributed by atoms with Gasteiger partial charge in [0.1, 0.15) is 5.75 Å². The summed E-state index contributed by atoms with van der Waals surface area (Å²) in [5, 5.41) is 0. The van der Waals surface area contributed by atoms with Gasteiger partial charge in [-0.1, -0.05) is 0 Å². The minimum absolute atomic E-state index is 0.0946. The topological polar surface area (TPSA) is 56.7 Å². The molecule has 2 aromatic rings. The number of hydrogen-bond donors (Lipinski definition) is 0. The fourth-order valence-electron chi connectivity index (χ4n) is 2.16. The van der Waals surface area contributed by atoms with Crippen LogP contribution in [-0.2, 0) is 6.54 Å². The molecular weight excluding hydrogens is 268 g/mol. The average Bonchev–Trinajstić information content (AvgIpc) is 2.77. The van der Waals surface area contributed by atoms with Crippen molar-refractivity contribution in [1.82, 2.24) is 4.57 Å². The molecule has 0 radical (unpaired) electrons. The first kappa shape index (κ1) is 15.1. The molecule has 0 saturated carbocycles. The molecule has 0 unspecified atom stereocenters. The van der Waals surface area contributed by atoms with Gasteiger partial charge in [0, 0.05) is 13.5 Å². The predicted octanol–water partition coefficient (Wildman–Crippen LogP) is 3.24. The van der Waals surface area contributed by atoms with Gasteiger partial charge in [-0.05, 0) is 45.0 Å². The highest BCUT2D eigenvalue weighted by Crippen LogP contribution is 2.18. The standard InChI is InChI=1S/C16H20N2O3/c1-5-18-11(3)15(12(4)19)21-16(18)17-13-7-9-14(10-8-13)20-6-2/h7-10H,5-6H2,1-4H3/b17-16-. The Kier molecular flexibility index (Phi) is 4.62. The molecule has 1 aromatic carbocycles. The second-order valence-corrected chi connectivity index (χ2v) is 4.64. The number of aromatic nitrogens is 1. The molecule has 0 aliphatic rings. The zero-order valence-corrected chi connectivity index (χ0v) is 12.8. The minimum Gasteiger partial charge on any atom is -0.494 e. The lowest BCUT2D eigenvalue weighted by molar-refractivity contribution is 0.0984. The monoisotopic (exact) mass is 288 g/mol. The maximum atomic E-state index is 11.6. The van der Waals surface area contributed by atoms with Gasteiger partial charge < -0.3 is 9.15 Å². The van der Waals surface area contributed by atoms with E-state index in [9.17, 15) is 4.79 Å². The summed E-state index contributed by atoms with van der Waals surface area (Å²) in [5.74, 6) is 1.07. The Morgan fingerprint density at radius 3 is 2.48 bits per heavy atom. The summed E-state index contributed by atoms with van der Waals surface area (Å²) in [6.07, 6.45) is 0. The van der Waals surface area contributed by atoms with Gasteiger partial charge in [0.25, 0.3) is 0 Å². The first-order valence-corrected chi connectivity index (χ1v) is 7.05. The molecule has 1 heterocycles. The van der Waals surface area contributed by atoms with Crippen LogP contribution in [0.1, 0.15) is 37.0 Å². The number of rotatable bonds is 5. The Labute approximate surface area is 123 Å². The van der Waals surface area contributed by atoms with Crippen molar-refractivity contribution in [3.05, 3.63) is 41.4 Å². The van der Waals surface area contributed by atoms with Crippen molar-refractivity contribution >= 4 is 11.5 Å². The highest BCUT2D eigenvalue weighted by atomic mass is 16.5. The molecule has 21 heavy (non-hydrogen) atoms. The van der Waals surface area contributed by atoms with Crippen LogP contribution in [0.5, 0.6) is 5.75 Å². The van der Waals surface area contributed by atoms with E-state index in [1.54, 1.807) is 0 Å². The lowest BCUT2D eigenvalue weighted by atomic mass is 10.3. The number of benzene rings is 1. The number of nitrogens with zero attached hydrogens (tertiary/aromatic N) is 2. The van der Waals surface area contributed by atoms with Gasteiger partial charge in [-0.25, -0.2) is 0 Å². The number of hydrogen-bond acceptors (Lipinski definition) is 4. The summed E-state index contributed by atoms with van der Waals surface area (Å²) in [6.45, 7) is 8.61. The van der Waals surface area contributed by atoms with Crippen LogP contribution >= 0.6 is 0 Å². The zero-order valence-electron chi connectivity index (χ0n) is 12.8. The first-order chi connectivity index (χ1) is 10.1. The lowest BCUT2D eigenvalue weighted by Gasteiger charge is -2.02. The molecule has 5 nitrogen and oxygen atoms in total. The zero-order chi connectivity index (χ0) is 15.4. The number of carbonyl (C=O) groups is 1. The van der Waals surface area contributed by atoms with Crippen LogP contribution in [0.3, 0.4) is 0 Å². The number of ketones is 1. The average molecular weight is 288 g/mol. The fourth-order valence-corrected chi connectivity index (χ4v) is 2.16. The second kappa shape index (κ2) is 6.43. The van der Waals surface area contributed by atoms with Crippen molar-refractivity contribution < 1.29 is 13.9 Å². The van der Waals surface area contributed by atoms with Crippen LogP contribution in [0.4, 0.5) is 5.69 Å². The van der Waals surface area contributed by atoms with E-state index >= 15 is 0 Å². The number of carbonyl (C=O) groups excluding carboxylic acids is 1. The number of Topliss-reactive ketones (excluding diaryl/α,β-unsaturated/α-hetero) is 1. The molecule has 0 amide bonds. The van der Waals surface area contributed by atoms with E-state index in [2.05, 4.69) is 4.99 Å². The quantitative estimate of drug-likeness (QED) is 0.794. The molecule has 112 valence electrons. The summed E-state index contributed by atoms with van der Waals surface area (Å²) in [7, 11) is 0. The third-order valence-electron chi connectivity index (χ3n) is 3.17. The predicted molar refractivity (Wildman–Crippen MR) is 79.9 cm³/mol. The van der Waals surface area contributed by atoms with Crippen molar-refractivity contribution in [1.29, 1.82) is 0 Å². The van der Waals surface area contributed by atoms with E-state index in [1.807, 2.05) is 49.6 Å². The van der Waals surface area contributed by atoms with Crippen LogP contribution in [0.25, 0.3) is 0 Å². The maximum absolute atomic E-state index is 11.6. The van der Waals surface area contributed by atoms with Crippen LogP contribution in [0, 0.1) is 6.92 Å². The third-order valence-corrected chi connectivity index (χ3v) is 3.17. The maximum Gasteiger partial charge on any atom is 0.302 e. The second-order valence-electron chi connectivity index (χ2n) is 4.64. The molecule has 5 heteroatoms. The van der Waals surface area contributed by atoms with Crippen molar-refractivity contribution in [3.63, 3.8) is 0 Å². The number of oxazole rings is 1. The van der Waals surface area contributed by atoms with Crippen molar-refractivity contribution in [3.8, 4) is 5.75 Å². The molecule has 1 aromatic heterocycles. The fraction of sp³-hybridized carbons (Fsp3) is 0.375. The molecule has 0 N–H and O–H groups in total. The highest BCUT2D eigenvalue weighted by Gasteiger charge is 2.14. The molecule has 0 atom stereocenters. The molecule has 0 fully saturated rings. The summed E-state index contributed by atoms with van der Waals surface area (Å²) in [6, 6.07) is 7.44. The van der Waals surface area contributed by atoms with E-state index in [0.29, 0.717) is 24.6 Å². The van der Waals surface area contributed by atoms with E-state index < -0.39 is 0 Å². The summed E-state index contributed by atoms with van der Waals surface area (Å²) >= 11 is 0. The van der Waals surface area contributed by atoms with Crippen molar-refractivity contribution in [2.75, 3.05) is 6.61 Å². The smallest absolute Gasteiger partial charge is 0.302 e. The Hall–Kier alpha value is -2.30. The van der Waals surface area contributed by atoms with Gasteiger partial charge in [-0.3, -0.25) is 9.36 Å². The largest absolute Gasteiger partial charge is 0.494 e. The van der Waals surface area contributed by atoms with E-state index in [0.717, 1.165) is 17.1 Å². The Morgan fingerprint density at radius 1 is 1.29 bits per heavy atom. The van der Waals surface area contributed by atoms with E-state index in [4.69, 9.17) is 9.15 Å². The van der Waals surface area contributed by atoms with Gasteiger partial charge in [0.05, 0.1) is 18.0 Å². The lowest BCUT2D eigenvalue weighted by Crippen LogP contribution is -2.15. The van der Waals surface area contributed by atoms with Gasteiger partial charge in [-0.2, -0.15) is 4.99 Å². The summed E-state index contributed by atoms with van der Waals surface area (Å²) in [5.41, 5.74) is 1.99. The van der Waals surface area contributed by atoms with E-state index in [1.165, 1.54) is 6.92 Å². The van der Waals surface area contributed by atoms with Crippen LogP contribution in [0.15, 0.2) is 33.7 Å². The van der Waals surface area contributed by atoms with Gasteiger partial charge in [0.2, 0.25) is 0 Å². The first-order valence-electron chi connectivity index (χ1n) is 7.05. The van der Waals surface area contributed by atoms with Gasteiger partial charge >= 0.3 is 5.68 Å². The third kappa shape index (κ3) is 3.24. The Morgan fingerprint density at radius 2 is 1.95 bits per heavy atom. The van der Waals surface area contributed by atoms with Crippen molar-refractivity contribution in [2.45, 2.75) is 34.2 Å². The molecule has 2 rings (SSSR count). The minimum atomic E-state index is -0.0946. The number of ether oxygens (including phenoxy) is 1. The summed E-state index contributed by atoms with van der Waals surface area (Å²) in [4.78, 5) is 16.0.